The van der Waals surface area contributed by atoms with Crippen LogP contribution < -0.4 is 5.73 Å². The highest BCUT2D eigenvalue weighted by atomic mass is 16.5. The van der Waals surface area contributed by atoms with E-state index in [0.29, 0.717) is 12.5 Å². The van der Waals surface area contributed by atoms with Gasteiger partial charge in [-0.3, -0.25) is 0 Å². The smallest absolute Gasteiger partial charge is 0.343 e. The molecule has 86 valence electrons. The first kappa shape index (κ1) is 10.9. The van der Waals surface area contributed by atoms with Gasteiger partial charge in [-0.25, -0.2) is 14.8 Å². The lowest BCUT2D eigenvalue weighted by Crippen LogP contribution is -2.16. The number of carbonyl (C=O) groups excluding carboxylic acids is 1. The second-order valence-electron chi connectivity index (χ2n) is 3.88. The average Bonchev–Trinajstić information content (AvgIpc) is 2.15. The van der Waals surface area contributed by atoms with E-state index in [0.717, 1.165) is 18.7 Å². The van der Waals surface area contributed by atoms with E-state index in [1.807, 2.05) is 0 Å². The van der Waals surface area contributed by atoms with Gasteiger partial charge in [0.2, 0.25) is 0 Å². The Morgan fingerprint density at radius 2 is 2.38 bits per heavy atom. The highest BCUT2D eigenvalue weighted by Gasteiger charge is 2.23. The molecule has 1 heterocycles. The van der Waals surface area contributed by atoms with Gasteiger partial charge in [-0.15, -0.1) is 0 Å². The highest BCUT2D eigenvalue weighted by molar-refractivity contribution is 5.93. The Hall–Kier alpha value is -1.65. The predicted molar refractivity (Wildman–Crippen MR) is 59.0 cm³/mol. The molecular weight excluding hydrogens is 206 g/mol. The van der Waals surface area contributed by atoms with E-state index >= 15 is 0 Å². The summed E-state index contributed by atoms with van der Waals surface area (Å²) in [7, 11) is 0. The minimum atomic E-state index is -0.458. The van der Waals surface area contributed by atoms with E-state index in [-0.39, 0.29) is 11.4 Å². The van der Waals surface area contributed by atoms with Crippen molar-refractivity contribution in [3.63, 3.8) is 0 Å². The molecule has 1 aliphatic carbocycles. The summed E-state index contributed by atoms with van der Waals surface area (Å²) in [6.45, 7) is 2.07. The minimum absolute atomic E-state index is 0.218. The van der Waals surface area contributed by atoms with E-state index in [4.69, 9.17) is 10.5 Å². The van der Waals surface area contributed by atoms with Crippen LogP contribution >= 0.6 is 0 Å². The van der Waals surface area contributed by atoms with Crippen molar-refractivity contribution in [2.75, 3.05) is 12.3 Å². The molecule has 0 atom stereocenters. The SMILES string of the molecule is CCOC(=O)c1cnc(C2CCC2)nc1N. The van der Waals surface area contributed by atoms with Gasteiger partial charge < -0.3 is 10.5 Å². The maximum atomic E-state index is 11.4. The molecule has 1 aliphatic rings. The van der Waals surface area contributed by atoms with Gasteiger partial charge in [0.05, 0.1) is 6.61 Å². The molecule has 0 amide bonds. The van der Waals surface area contributed by atoms with Crippen LogP contribution in [0.2, 0.25) is 0 Å². The summed E-state index contributed by atoms with van der Waals surface area (Å²) in [5.41, 5.74) is 5.97. The maximum absolute atomic E-state index is 11.4. The van der Waals surface area contributed by atoms with Crippen molar-refractivity contribution in [1.29, 1.82) is 0 Å². The number of hydrogen-bond donors (Lipinski definition) is 1. The molecule has 0 bridgehead atoms. The predicted octanol–water partition coefficient (Wildman–Crippen LogP) is 1.50. The molecule has 5 nitrogen and oxygen atoms in total. The first-order valence-corrected chi connectivity index (χ1v) is 5.52. The Morgan fingerprint density at radius 3 is 2.88 bits per heavy atom. The lowest BCUT2D eigenvalue weighted by Gasteiger charge is -2.23. The van der Waals surface area contributed by atoms with Crippen molar-refractivity contribution < 1.29 is 9.53 Å². The zero-order chi connectivity index (χ0) is 11.5. The average molecular weight is 221 g/mol. The van der Waals surface area contributed by atoms with Crippen molar-refractivity contribution >= 4 is 11.8 Å². The van der Waals surface area contributed by atoms with E-state index in [2.05, 4.69) is 9.97 Å². The number of ether oxygens (including phenoxy) is 1. The lowest BCUT2D eigenvalue weighted by atomic mass is 9.85. The molecule has 2 N–H and O–H groups in total. The van der Waals surface area contributed by atoms with Gasteiger partial charge in [-0.2, -0.15) is 0 Å². The van der Waals surface area contributed by atoms with Gasteiger partial charge in [0.25, 0.3) is 0 Å². The number of anilines is 1. The summed E-state index contributed by atoms with van der Waals surface area (Å²) in [5, 5.41) is 0. The summed E-state index contributed by atoms with van der Waals surface area (Å²) in [6.07, 6.45) is 4.90. The Kier molecular flexibility index (Phi) is 3.03. The number of nitrogens with zero attached hydrogens (tertiary/aromatic N) is 2. The number of aromatic nitrogens is 2. The molecule has 0 aromatic carbocycles. The lowest BCUT2D eigenvalue weighted by molar-refractivity contribution is 0.0526. The number of carbonyl (C=O) groups is 1. The van der Waals surface area contributed by atoms with Gasteiger partial charge in [0, 0.05) is 12.1 Å². The summed E-state index contributed by atoms with van der Waals surface area (Å²) >= 11 is 0. The number of nitrogens with two attached hydrogens (primary N) is 1. The quantitative estimate of drug-likeness (QED) is 0.782. The largest absolute Gasteiger partial charge is 0.462 e. The highest BCUT2D eigenvalue weighted by Crippen LogP contribution is 2.34. The van der Waals surface area contributed by atoms with Crippen molar-refractivity contribution in [1.82, 2.24) is 9.97 Å². The minimum Gasteiger partial charge on any atom is -0.462 e. The van der Waals surface area contributed by atoms with Gasteiger partial charge in [0.1, 0.15) is 17.2 Å². The van der Waals surface area contributed by atoms with Crippen molar-refractivity contribution in [3.8, 4) is 0 Å². The second-order valence-corrected chi connectivity index (χ2v) is 3.88. The molecule has 0 spiro atoms. The molecule has 1 saturated carbocycles. The standard InChI is InChI=1S/C11H15N3O2/c1-2-16-11(15)8-6-13-10(14-9(8)12)7-4-3-5-7/h6-7H,2-5H2,1H3,(H2,12,13,14). The number of hydrogen-bond acceptors (Lipinski definition) is 5. The summed E-state index contributed by atoms with van der Waals surface area (Å²) in [6, 6.07) is 0. The molecule has 2 rings (SSSR count). The Balaban J connectivity index is 2.18. The zero-order valence-electron chi connectivity index (χ0n) is 9.27. The first-order valence-electron chi connectivity index (χ1n) is 5.52. The van der Waals surface area contributed by atoms with Gasteiger partial charge in [0.15, 0.2) is 0 Å². The molecule has 1 aromatic heterocycles. The number of rotatable bonds is 3. The molecule has 0 saturated heterocycles. The molecular formula is C11H15N3O2. The Morgan fingerprint density at radius 1 is 1.62 bits per heavy atom. The third-order valence-corrected chi connectivity index (χ3v) is 2.80. The van der Waals surface area contributed by atoms with Crippen LogP contribution in [0.15, 0.2) is 6.20 Å². The van der Waals surface area contributed by atoms with Gasteiger partial charge >= 0.3 is 5.97 Å². The van der Waals surface area contributed by atoms with Crippen molar-refractivity contribution in [2.24, 2.45) is 0 Å². The second kappa shape index (κ2) is 4.47. The molecule has 1 fully saturated rings. The van der Waals surface area contributed by atoms with Gasteiger partial charge in [-0.1, -0.05) is 6.42 Å². The summed E-state index contributed by atoms with van der Waals surface area (Å²) in [5.74, 6) is 0.922. The van der Waals surface area contributed by atoms with Crippen LogP contribution in [0.3, 0.4) is 0 Å². The molecule has 0 unspecified atom stereocenters. The van der Waals surface area contributed by atoms with Crippen LogP contribution in [0.5, 0.6) is 0 Å². The van der Waals surface area contributed by atoms with Crippen LogP contribution in [0.25, 0.3) is 0 Å². The van der Waals surface area contributed by atoms with E-state index < -0.39 is 5.97 Å². The third-order valence-electron chi connectivity index (χ3n) is 2.80. The zero-order valence-corrected chi connectivity index (χ0v) is 9.27. The van der Waals surface area contributed by atoms with Gasteiger partial charge in [-0.05, 0) is 19.8 Å². The van der Waals surface area contributed by atoms with E-state index in [1.54, 1.807) is 6.92 Å². The fraction of sp³-hybridized carbons (Fsp3) is 0.545. The van der Waals surface area contributed by atoms with Crippen molar-refractivity contribution in [3.05, 3.63) is 17.6 Å². The molecule has 16 heavy (non-hydrogen) atoms. The van der Waals surface area contributed by atoms with Crippen LogP contribution in [0.1, 0.15) is 48.3 Å². The van der Waals surface area contributed by atoms with E-state index in [9.17, 15) is 4.79 Å². The Bertz CT molecular complexity index is 402. The fourth-order valence-corrected chi connectivity index (χ4v) is 1.64. The van der Waals surface area contributed by atoms with Crippen molar-refractivity contribution in [2.45, 2.75) is 32.1 Å². The fourth-order valence-electron chi connectivity index (χ4n) is 1.64. The van der Waals surface area contributed by atoms with Crippen LogP contribution in [0.4, 0.5) is 5.82 Å². The normalized spacial score (nSPS) is 15.6. The molecule has 0 radical (unpaired) electrons. The summed E-state index contributed by atoms with van der Waals surface area (Å²) in [4.78, 5) is 19.8. The molecule has 0 aliphatic heterocycles. The first-order chi connectivity index (χ1) is 7.72. The van der Waals surface area contributed by atoms with Crippen LogP contribution in [0, 0.1) is 0 Å². The maximum Gasteiger partial charge on any atom is 0.343 e. The Labute approximate surface area is 94.0 Å². The summed E-state index contributed by atoms with van der Waals surface area (Å²) < 4.78 is 4.85. The van der Waals surface area contributed by atoms with Crippen LogP contribution in [-0.4, -0.2) is 22.5 Å². The topological polar surface area (TPSA) is 78.1 Å². The molecule has 1 aromatic rings. The number of nitrogen functional groups attached to an aromatic ring is 1. The number of esters is 1. The van der Waals surface area contributed by atoms with Crippen LogP contribution in [-0.2, 0) is 4.74 Å². The van der Waals surface area contributed by atoms with E-state index in [1.165, 1.54) is 12.6 Å². The molecule has 5 heteroatoms. The monoisotopic (exact) mass is 221 g/mol. The third kappa shape index (κ3) is 1.98.